The Labute approximate surface area is 260 Å². The Balaban J connectivity index is 1.27. The molecule has 11 N–H and O–H groups in total. The number of hydrazine groups is 1. The summed E-state index contributed by atoms with van der Waals surface area (Å²) < 4.78 is 30.5. The summed E-state index contributed by atoms with van der Waals surface area (Å²) in [6, 6.07) is 1.81. The number of nitrogens with two attached hydrogens (primary N) is 3. The third kappa shape index (κ3) is 7.53. The van der Waals surface area contributed by atoms with Gasteiger partial charge in [0, 0.05) is 19.7 Å². The van der Waals surface area contributed by atoms with Crippen molar-refractivity contribution in [1.82, 2.24) is 29.9 Å². The molecule has 3 aromatic rings. The van der Waals surface area contributed by atoms with E-state index in [1.165, 1.54) is 18.4 Å². The second kappa shape index (κ2) is 13.2. The number of H-pyrrole nitrogens is 1. The van der Waals surface area contributed by atoms with Crippen LogP contribution in [0, 0.1) is 0 Å². The highest BCUT2D eigenvalue weighted by Crippen LogP contribution is 2.49. The van der Waals surface area contributed by atoms with Gasteiger partial charge in [0.25, 0.3) is 5.56 Å². The molecule has 0 aliphatic carbocycles. The molecule has 0 radical (unpaired) electrons. The number of ether oxygens (including phenoxy) is 2. The molecule has 2 aliphatic rings. The van der Waals surface area contributed by atoms with Gasteiger partial charge in [-0.3, -0.25) is 14.8 Å². The van der Waals surface area contributed by atoms with Crippen LogP contribution in [0.5, 0.6) is 0 Å². The van der Waals surface area contributed by atoms with Gasteiger partial charge in [-0.05, 0) is 42.5 Å². The minimum atomic E-state index is -4.00. The summed E-state index contributed by atoms with van der Waals surface area (Å²) in [4.78, 5) is 57.0. The predicted octanol–water partition coefficient (Wildman–Crippen LogP) is -0.461. The number of hydrogen-bond donors (Lipinski definition) is 8. The molecule has 5 rings (SSSR count). The average molecular weight is 695 g/mol. The number of nitrogens with zero attached hydrogens (tertiary/aromatic N) is 5. The zero-order valence-corrected chi connectivity index (χ0v) is 26.5. The van der Waals surface area contributed by atoms with E-state index in [1.807, 2.05) is 16.8 Å². The van der Waals surface area contributed by atoms with Gasteiger partial charge in [0.05, 0.1) is 30.8 Å². The molecule has 6 atom stereocenters. The van der Waals surface area contributed by atoms with Crippen LogP contribution in [0.2, 0.25) is 0 Å². The zero-order valence-electron chi connectivity index (χ0n) is 23.1. The minimum absolute atomic E-state index is 0.0345. The molecular formula is C21H32N10O9P2S2. The van der Waals surface area contributed by atoms with Crippen LogP contribution in [0.3, 0.4) is 0 Å². The molecule has 0 amide bonds. The molecule has 242 valence electrons. The summed E-state index contributed by atoms with van der Waals surface area (Å²) in [5, 5.41) is 1.97. The van der Waals surface area contributed by atoms with Crippen LogP contribution in [0.15, 0.2) is 23.4 Å². The van der Waals surface area contributed by atoms with E-state index in [4.69, 9.17) is 52.1 Å². The molecule has 0 aromatic carbocycles. The summed E-state index contributed by atoms with van der Waals surface area (Å²) in [6.45, 7) is -8.32. The van der Waals surface area contributed by atoms with E-state index >= 15 is 0 Å². The van der Waals surface area contributed by atoms with Gasteiger partial charge < -0.3 is 59.5 Å². The van der Waals surface area contributed by atoms with Gasteiger partial charge in [-0.15, -0.1) is 0 Å². The van der Waals surface area contributed by atoms with Crippen molar-refractivity contribution in [3.8, 4) is 0 Å². The topological polar surface area (TPSA) is 277 Å². The SMILES string of the molecule is CNN(c1nc(N)[nH]c(=O)c1N)[C@@H]1O[C@H](COP(O)(O)=S)CC1OP(O)(=S)OC[C@@H]1CC[C@H](n2ccc3c(N)ncnc32)O1. The number of aromatic nitrogens is 5. The van der Waals surface area contributed by atoms with Gasteiger partial charge in [-0.1, -0.05) is 0 Å². The Bertz CT molecular complexity index is 1660. The normalized spacial score (nSPS) is 25.4. The monoisotopic (exact) mass is 694 g/mol. The number of fused-ring (bicyclic) bond motifs is 1. The maximum Gasteiger partial charge on any atom is 0.325 e. The highest BCUT2D eigenvalue weighted by atomic mass is 32.5. The van der Waals surface area contributed by atoms with Gasteiger partial charge in [-0.25, -0.2) is 15.4 Å². The summed E-state index contributed by atoms with van der Waals surface area (Å²) >= 11 is 9.85. The summed E-state index contributed by atoms with van der Waals surface area (Å²) in [6.07, 6.45) is 0.766. The lowest BCUT2D eigenvalue weighted by atomic mass is 10.2. The maximum atomic E-state index is 12.3. The Morgan fingerprint density at radius 1 is 1.16 bits per heavy atom. The van der Waals surface area contributed by atoms with Crippen LogP contribution in [0.1, 0.15) is 25.5 Å². The van der Waals surface area contributed by atoms with Crippen molar-refractivity contribution >= 4 is 71.4 Å². The molecule has 0 spiro atoms. The second-order valence-corrected chi connectivity index (χ2v) is 15.3. The first kappa shape index (κ1) is 33.0. The smallest absolute Gasteiger partial charge is 0.325 e. The number of anilines is 4. The second-order valence-electron chi connectivity index (χ2n) is 9.87. The predicted molar refractivity (Wildman–Crippen MR) is 166 cm³/mol. The molecule has 0 bridgehead atoms. The summed E-state index contributed by atoms with van der Waals surface area (Å²) in [7, 11) is 1.50. The molecule has 0 saturated carbocycles. The highest BCUT2D eigenvalue weighted by molar-refractivity contribution is 8.07. The van der Waals surface area contributed by atoms with Crippen molar-refractivity contribution < 1.29 is 37.7 Å². The van der Waals surface area contributed by atoms with Crippen molar-refractivity contribution in [2.45, 2.75) is 50.0 Å². The fourth-order valence-electron chi connectivity index (χ4n) is 4.97. The fraction of sp³-hybridized carbons (Fsp3) is 0.524. The van der Waals surface area contributed by atoms with Crippen LogP contribution in [-0.2, 0) is 46.7 Å². The number of nitrogen functional groups attached to an aromatic ring is 3. The molecular weight excluding hydrogens is 662 g/mol. The van der Waals surface area contributed by atoms with Crippen molar-refractivity contribution in [2.24, 2.45) is 0 Å². The van der Waals surface area contributed by atoms with E-state index in [2.05, 4.69) is 37.2 Å². The zero-order chi connectivity index (χ0) is 31.8. The quantitative estimate of drug-likeness (QED) is 0.0879. The molecule has 3 aromatic heterocycles. The molecule has 23 heteroatoms. The maximum absolute atomic E-state index is 12.3. The lowest BCUT2D eigenvalue weighted by molar-refractivity contribution is -0.0261. The Morgan fingerprint density at radius 3 is 2.64 bits per heavy atom. The molecule has 2 fully saturated rings. The van der Waals surface area contributed by atoms with Crippen molar-refractivity contribution in [2.75, 3.05) is 42.5 Å². The first-order valence-electron chi connectivity index (χ1n) is 13.1. The van der Waals surface area contributed by atoms with Crippen LogP contribution < -0.4 is 33.2 Å². The van der Waals surface area contributed by atoms with Gasteiger partial charge in [-0.2, -0.15) is 4.98 Å². The number of nitrogens with one attached hydrogen (secondary N) is 2. The van der Waals surface area contributed by atoms with Crippen LogP contribution in [0.25, 0.3) is 11.0 Å². The third-order valence-corrected chi connectivity index (χ3v) is 9.27. The van der Waals surface area contributed by atoms with E-state index in [0.717, 1.165) is 0 Å². The number of aromatic amines is 1. The van der Waals surface area contributed by atoms with Crippen LogP contribution in [0.4, 0.5) is 23.3 Å². The van der Waals surface area contributed by atoms with Crippen LogP contribution >= 0.6 is 13.4 Å². The standard InChI is InChI=1S/C21H32N10O9P2S2/c1-25-31(18-15(22)19(32)29-21(24)28-18)20-13(6-11(39-20)8-36-41(33,34)43)40-42(35,44)37-7-10-2-3-14(38-10)30-5-4-12-16(23)26-9-27-17(12)30/h4-5,9-11,13-14,20,25H,2-3,6-8,22H2,1H3,(H,35,44)(H2,23,26,27)(H2,33,34,43)(H3,24,28,29,32)/t10-,11-,13?,14+,20+,42?/m0/s1. The van der Waals surface area contributed by atoms with Crippen molar-refractivity contribution in [1.29, 1.82) is 0 Å². The Kier molecular flexibility index (Phi) is 9.88. The minimum Gasteiger partial charge on any atom is -0.391 e. The van der Waals surface area contributed by atoms with Crippen molar-refractivity contribution in [3.63, 3.8) is 0 Å². The lowest BCUT2D eigenvalue weighted by Crippen LogP contribution is -2.50. The molecule has 2 unspecified atom stereocenters. The van der Waals surface area contributed by atoms with Crippen molar-refractivity contribution in [3.05, 3.63) is 28.9 Å². The first-order valence-corrected chi connectivity index (χ1v) is 18.3. The Hall–Kier alpha value is -2.36. The van der Waals surface area contributed by atoms with E-state index < -0.39 is 43.5 Å². The largest absolute Gasteiger partial charge is 0.391 e. The van der Waals surface area contributed by atoms with Gasteiger partial charge >= 0.3 is 13.4 Å². The van der Waals surface area contributed by atoms with Gasteiger partial charge in [0.2, 0.25) is 5.95 Å². The van der Waals surface area contributed by atoms with Gasteiger partial charge in [0.15, 0.2) is 12.0 Å². The average Bonchev–Trinajstić information content (AvgIpc) is 3.68. The van der Waals surface area contributed by atoms with Gasteiger partial charge in [0.1, 0.15) is 35.8 Å². The van der Waals surface area contributed by atoms with E-state index in [0.29, 0.717) is 29.7 Å². The van der Waals surface area contributed by atoms with Crippen LogP contribution in [-0.4, -0.2) is 84.0 Å². The van der Waals surface area contributed by atoms with E-state index in [-0.39, 0.29) is 43.3 Å². The lowest BCUT2D eigenvalue weighted by Gasteiger charge is -2.33. The van der Waals surface area contributed by atoms with E-state index in [1.54, 1.807) is 0 Å². The molecule has 19 nitrogen and oxygen atoms in total. The molecule has 2 saturated heterocycles. The number of rotatable bonds is 12. The fourth-order valence-corrected chi connectivity index (χ4v) is 6.97. The molecule has 5 heterocycles. The highest BCUT2D eigenvalue weighted by Gasteiger charge is 2.44. The molecule has 2 aliphatic heterocycles. The molecule has 44 heavy (non-hydrogen) atoms. The third-order valence-electron chi connectivity index (χ3n) is 6.88. The first-order chi connectivity index (χ1) is 20.7. The Morgan fingerprint density at radius 2 is 1.91 bits per heavy atom. The summed E-state index contributed by atoms with van der Waals surface area (Å²) in [5.41, 5.74) is 20.1. The number of hydrogen-bond acceptors (Lipinski definition) is 16. The summed E-state index contributed by atoms with van der Waals surface area (Å²) in [5.74, 6) is 0.0549. The van der Waals surface area contributed by atoms with E-state index in [9.17, 15) is 19.5 Å².